The molecule has 3 atom stereocenters. The van der Waals surface area contributed by atoms with Gasteiger partial charge in [0.1, 0.15) is 0 Å². The summed E-state index contributed by atoms with van der Waals surface area (Å²) in [6, 6.07) is 0. The Kier molecular flexibility index (Phi) is 1.45. The lowest BCUT2D eigenvalue weighted by Crippen LogP contribution is -2.67. The maximum absolute atomic E-state index is 10.0. The number of rotatable bonds is 0. The van der Waals surface area contributed by atoms with Crippen LogP contribution in [0.2, 0.25) is 0 Å². The molecule has 1 nitrogen and oxygen atoms in total. The molecule has 2 bridgehead atoms. The highest BCUT2D eigenvalue weighted by atomic mass is 16.3. The van der Waals surface area contributed by atoms with E-state index in [1.165, 1.54) is 5.57 Å². The minimum Gasteiger partial charge on any atom is -0.388 e. The molecule has 0 amide bonds. The summed E-state index contributed by atoms with van der Waals surface area (Å²) in [6.07, 6.45) is 2.94. The van der Waals surface area contributed by atoms with E-state index in [-0.39, 0.29) is 16.9 Å². The van der Waals surface area contributed by atoms with Crippen molar-refractivity contribution in [3.8, 4) is 0 Å². The van der Waals surface area contributed by atoms with Gasteiger partial charge < -0.3 is 5.11 Å². The van der Waals surface area contributed by atoms with Crippen LogP contribution in [0.3, 0.4) is 0 Å². The zero-order chi connectivity index (χ0) is 10.1. The average molecular weight is 180 g/mol. The van der Waals surface area contributed by atoms with E-state index in [4.69, 9.17) is 0 Å². The van der Waals surface area contributed by atoms with Crippen molar-refractivity contribution < 1.29 is 5.11 Å². The third kappa shape index (κ3) is 0.698. The molecule has 0 spiro atoms. The molecule has 13 heavy (non-hydrogen) atoms. The van der Waals surface area contributed by atoms with Crippen molar-refractivity contribution in [2.75, 3.05) is 0 Å². The van der Waals surface area contributed by atoms with E-state index in [1.54, 1.807) is 0 Å². The lowest BCUT2D eigenvalue weighted by molar-refractivity contribution is -0.212. The van der Waals surface area contributed by atoms with Gasteiger partial charge in [-0.1, -0.05) is 39.3 Å². The lowest BCUT2D eigenvalue weighted by atomic mass is 9.33. The molecule has 0 aromatic heterocycles. The first-order chi connectivity index (χ1) is 5.76. The van der Waals surface area contributed by atoms with Gasteiger partial charge in [-0.05, 0) is 24.2 Å². The molecule has 3 aliphatic rings. The van der Waals surface area contributed by atoms with Crippen LogP contribution >= 0.6 is 0 Å². The molecule has 3 aliphatic carbocycles. The summed E-state index contributed by atoms with van der Waals surface area (Å²) in [5.74, 6) is 0. The summed E-state index contributed by atoms with van der Waals surface area (Å²) < 4.78 is 0. The summed E-state index contributed by atoms with van der Waals surface area (Å²) in [6.45, 7) is 11.3. The molecule has 74 valence electrons. The number of fused-ring (bicyclic) bond motifs is 1. The Morgan fingerprint density at radius 2 is 1.85 bits per heavy atom. The second-order valence-electron chi connectivity index (χ2n) is 5.85. The minimum atomic E-state index is -0.246. The van der Waals surface area contributed by atoms with Crippen LogP contribution in [0.25, 0.3) is 0 Å². The van der Waals surface area contributed by atoms with Crippen LogP contribution < -0.4 is 0 Å². The molecule has 0 aromatic rings. The van der Waals surface area contributed by atoms with Gasteiger partial charge in [-0.2, -0.15) is 0 Å². The van der Waals surface area contributed by atoms with Gasteiger partial charge in [-0.25, -0.2) is 0 Å². The quantitative estimate of drug-likeness (QED) is 0.568. The second kappa shape index (κ2) is 2.03. The lowest BCUT2D eigenvalue weighted by Gasteiger charge is -2.71. The number of allylic oxidation sites excluding steroid dienone is 1. The van der Waals surface area contributed by atoms with Crippen molar-refractivity contribution in [1.82, 2.24) is 0 Å². The summed E-state index contributed by atoms with van der Waals surface area (Å²) in [7, 11) is 0. The molecule has 1 heteroatoms. The first-order valence-corrected chi connectivity index (χ1v) is 5.13. The van der Waals surface area contributed by atoms with Crippen LogP contribution in [0.5, 0.6) is 0 Å². The predicted molar refractivity (Wildman–Crippen MR) is 54.4 cm³/mol. The van der Waals surface area contributed by atoms with Crippen molar-refractivity contribution in [1.29, 1.82) is 0 Å². The van der Waals surface area contributed by atoms with Crippen molar-refractivity contribution >= 4 is 0 Å². The third-order valence-electron chi connectivity index (χ3n) is 5.46. The van der Waals surface area contributed by atoms with E-state index in [9.17, 15) is 5.11 Å². The Morgan fingerprint density at radius 3 is 2.31 bits per heavy atom. The highest BCUT2D eigenvalue weighted by Crippen LogP contribution is 2.74. The van der Waals surface area contributed by atoms with Gasteiger partial charge in [0.05, 0.1) is 6.10 Å². The maximum Gasteiger partial charge on any atom is 0.0782 e. The van der Waals surface area contributed by atoms with Gasteiger partial charge in [0, 0.05) is 5.41 Å². The summed E-state index contributed by atoms with van der Waals surface area (Å²) in [5.41, 5.74) is 2.02. The third-order valence-corrected chi connectivity index (χ3v) is 5.46. The Bertz CT molecular complexity index is 289. The smallest absolute Gasteiger partial charge is 0.0782 e. The predicted octanol–water partition coefficient (Wildman–Crippen LogP) is 2.75. The first kappa shape index (κ1) is 9.26. The van der Waals surface area contributed by atoms with Crippen LogP contribution in [0, 0.1) is 16.2 Å². The van der Waals surface area contributed by atoms with Gasteiger partial charge in [-0.3, -0.25) is 0 Å². The number of hydrogen-bond acceptors (Lipinski definition) is 1. The van der Waals surface area contributed by atoms with E-state index in [0.29, 0.717) is 5.41 Å². The highest BCUT2D eigenvalue weighted by Gasteiger charge is 2.69. The Hall–Kier alpha value is -0.300. The van der Waals surface area contributed by atoms with E-state index in [0.717, 1.165) is 6.42 Å². The fourth-order valence-electron chi connectivity index (χ4n) is 3.41. The van der Waals surface area contributed by atoms with Gasteiger partial charge in [0.2, 0.25) is 0 Å². The van der Waals surface area contributed by atoms with E-state index >= 15 is 0 Å². The number of aliphatic hydroxyl groups is 1. The molecule has 1 N–H and O–H groups in total. The zero-order valence-electron chi connectivity index (χ0n) is 9.31. The molecule has 3 unspecified atom stereocenters. The van der Waals surface area contributed by atoms with Crippen LogP contribution in [0.1, 0.15) is 41.0 Å². The fraction of sp³-hybridized carbons (Fsp3) is 0.833. The molecule has 0 aromatic carbocycles. The largest absolute Gasteiger partial charge is 0.388 e. The summed E-state index contributed by atoms with van der Waals surface area (Å²) in [5, 5.41) is 10.0. The SMILES string of the molecule is CC1=CC(O)C2(C)CC1(C)C2(C)C. The molecule has 0 saturated heterocycles. The van der Waals surface area contributed by atoms with E-state index in [1.807, 2.05) is 0 Å². The van der Waals surface area contributed by atoms with Crippen LogP contribution in [-0.4, -0.2) is 11.2 Å². The van der Waals surface area contributed by atoms with Gasteiger partial charge in [0.15, 0.2) is 0 Å². The Morgan fingerprint density at radius 1 is 1.31 bits per heavy atom. The Labute approximate surface area is 80.8 Å². The molecular weight excluding hydrogens is 160 g/mol. The number of hydrogen-bond donors (Lipinski definition) is 1. The minimum absolute atomic E-state index is 0.0985. The van der Waals surface area contributed by atoms with Gasteiger partial charge >= 0.3 is 0 Å². The second-order valence-corrected chi connectivity index (χ2v) is 5.85. The van der Waals surface area contributed by atoms with Crippen molar-refractivity contribution in [2.45, 2.75) is 47.1 Å². The average Bonchev–Trinajstić information content (AvgIpc) is 2.00. The van der Waals surface area contributed by atoms with Crippen molar-refractivity contribution in [2.24, 2.45) is 16.2 Å². The van der Waals surface area contributed by atoms with Gasteiger partial charge in [-0.15, -0.1) is 0 Å². The topological polar surface area (TPSA) is 20.2 Å². The van der Waals surface area contributed by atoms with Crippen molar-refractivity contribution in [3.63, 3.8) is 0 Å². The standard InChI is InChI=1S/C12H20O/c1-8-6-9(13)12(5)7-11(8,4)10(12,2)3/h6,9,13H,7H2,1-5H3. The number of aliphatic hydroxyl groups excluding tert-OH is 1. The fourth-order valence-corrected chi connectivity index (χ4v) is 3.41. The molecule has 0 heterocycles. The van der Waals surface area contributed by atoms with Gasteiger partial charge in [0.25, 0.3) is 0 Å². The normalized spacial score (nSPS) is 52.5. The van der Waals surface area contributed by atoms with Crippen LogP contribution in [0.4, 0.5) is 0 Å². The molecular formula is C12H20O. The molecule has 3 rings (SSSR count). The Balaban J connectivity index is 2.54. The summed E-state index contributed by atoms with van der Waals surface area (Å²) in [4.78, 5) is 0. The highest BCUT2D eigenvalue weighted by molar-refractivity contribution is 5.35. The monoisotopic (exact) mass is 180 g/mol. The molecule has 1 saturated carbocycles. The van der Waals surface area contributed by atoms with Crippen molar-refractivity contribution in [3.05, 3.63) is 11.6 Å². The molecule has 0 aliphatic heterocycles. The molecule has 0 radical (unpaired) electrons. The van der Waals surface area contributed by atoms with E-state index in [2.05, 4.69) is 40.7 Å². The van der Waals surface area contributed by atoms with Crippen LogP contribution in [-0.2, 0) is 0 Å². The zero-order valence-corrected chi connectivity index (χ0v) is 9.31. The van der Waals surface area contributed by atoms with Crippen LogP contribution in [0.15, 0.2) is 11.6 Å². The first-order valence-electron chi connectivity index (χ1n) is 5.13. The summed E-state index contributed by atoms with van der Waals surface area (Å²) >= 11 is 0. The van der Waals surface area contributed by atoms with E-state index < -0.39 is 0 Å². The molecule has 1 fully saturated rings. The maximum atomic E-state index is 10.0.